The summed E-state index contributed by atoms with van der Waals surface area (Å²) in [6, 6.07) is 18.9. The molecule has 1 atom stereocenters. The fraction of sp³-hybridized carbons (Fsp3) is 0.120. The third-order valence-electron chi connectivity index (χ3n) is 11.4. The maximum Gasteiger partial charge on any atom is 0.328 e. The molecule has 73 heavy (non-hydrogen) atoms. The molecule has 0 aliphatic carbocycles. The number of urea groups is 2. The number of carbonyl (C=O) groups is 4. The Morgan fingerprint density at radius 2 is 1.08 bits per heavy atom. The van der Waals surface area contributed by atoms with Gasteiger partial charge in [-0.2, -0.15) is 32.6 Å². The average molecular weight is 1050 g/mol. The number of ether oxygens (including phenoxy) is 1. The van der Waals surface area contributed by atoms with E-state index in [4.69, 9.17) is 4.74 Å². The summed E-state index contributed by atoms with van der Waals surface area (Å²) < 4.78 is 76.6. The molecule has 6 heterocycles. The second kappa shape index (κ2) is 20.7. The van der Waals surface area contributed by atoms with Gasteiger partial charge >= 0.3 is 18.1 Å². The highest BCUT2D eigenvalue weighted by Gasteiger charge is 2.36. The van der Waals surface area contributed by atoms with Crippen molar-refractivity contribution in [2.45, 2.75) is 32.1 Å². The number of methoxy groups -OCH3 is 1. The second-order valence-corrected chi connectivity index (χ2v) is 18.9. The van der Waals surface area contributed by atoms with Crippen molar-refractivity contribution in [1.29, 1.82) is 0 Å². The standard InChI is InChI=1S/C25H19F2N5O3S2.C25H19F2N5O3S/c1-13-6-7-15(29-23(33)14-8-9-36-12-14)10-16(13)20-17-11-28-25(34)32(21-18(26)4-3-5-19(21)27)22(17)31-24(30-20)37(2)35;1-13-6-7-15(29-23(33)14-8-9-36-12-14)10-16(13)20-17-11-28-25(34)32(22(17)31-24(30-20)35-2)21-18(26)4-3-5-19(21)27/h3-10,12H,11H2,1-2H3,(H,28,34)(H,29,33);3-10,12H,11H2,1-2H3,(H,28,34)(H,29,33). The van der Waals surface area contributed by atoms with Gasteiger partial charge in [-0.1, -0.05) is 24.3 Å². The summed E-state index contributed by atoms with van der Waals surface area (Å²) in [5.41, 5.74) is 5.19. The van der Waals surface area contributed by atoms with E-state index in [1.54, 1.807) is 58.6 Å². The molecule has 23 heteroatoms. The Kier molecular flexibility index (Phi) is 14.1. The molecule has 6 amide bonds. The van der Waals surface area contributed by atoms with Crippen molar-refractivity contribution >= 4 is 91.7 Å². The first-order valence-corrected chi connectivity index (χ1v) is 25.2. The van der Waals surface area contributed by atoms with Crippen molar-refractivity contribution in [3.63, 3.8) is 0 Å². The van der Waals surface area contributed by atoms with Gasteiger partial charge in [0.25, 0.3) is 11.8 Å². The van der Waals surface area contributed by atoms with Gasteiger partial charge in [-0.05, 0) is 96.4 Å². The number of para-hydroxylation sites is 2. The number of thiophene rings is 2. The fourth-order valence-corrected chi connectivity index (χ4v) is 9.57. The molecule has 0 fully saturated rings. The number of nitrogens with one attached hydrogen (secondary N) is 4. The Hall–Kier alpha value is -8.41. The number of anilines is 6. The zero-order chi connectivity index (χ0) is 51.7. The van der Waals surface area contributed by atoms with Crippen molar-refractivity contribution in [3.05, 3.63) is 163 Å². The third-order valence-corrected chi connectivity index (χ3v) is 13.5. The van der Waals surface area contributed by atoms with Gasteiger partial charge < -0.3 is 26.0 Å². The van der Waals surface area contributed by atoms with Crippen LogP contribution in [0.25, 0.3) is 22.5 Å². The van der Waals surface area contributed by atoms with Crippen LogP contribution in [0.3, 0.4) is 0 Å². The maximum absolute atomic E-state index is 14.7. The van der Waals surface area contributed by atoms with Gasteiger partial charge in [-0.15, -0.1) is 0 Å². The molecule has 0 bridgehead atoms. The summed E-state index contributed by atoms with van der Waals surface area (Å²) in [4.78, 5) is 70.0. The highest BCUT2D eigenvalue weighted by Crippen LogP contribution is 2.42. The summed E-state index contributed by atoms with van der Waals surface area (Å²) in [7, 11) is -0.328. The van der Waals surface area contributed by atoms with E-state index in [2.05, 4.69) is 41.2 Å². The molecule has 0 saturated carbocycles. The predicted octanol–water partition coefficient (Wildman–Crippen LogP) is 10.6. The number of aromatic nitrogens is 4. The van der Waals surface area contributed by atoms with E-state index >= 15 is 0 Å². The molecule has 8 aromatic rings. The molecule has 370 valence electrons. The number of halogens is 4. The Balaban J connectivity index is 0.000000180. The highest BCUT2D eigenvalue weighted by molar-refractivity contribution is 7.84. The molecule has 2 aliphatic rings. The van der Waals surface area contributed by atoms with Gasteiger partial charge in [0, 0.05) is 50.6 Å². The monoisotopic (exact) mass is 1050 g/mol. The predicted molar refractivity (Wildman–Crippen MR) is 269 cm³/mol. The van der Waals surface area contributed by atoms with Crippen LogP contribution in [0.2, 0.25) is 0 Å². The molecule has 2 aliphatic heterocycles. The number of nitrogens with zero attached hydrogens (tertiary/aromatic N) is 6. The number of fused-ring (bicyclic) bond motifs is 2. The minimum atomic E-state index is -1.68. The van der Waals surface area contributed by atoms with Crippen LogP contribution in [-0.2, 0) is 23.9 Å². The van der Waals surface area contributed by atoms with Crippen LogP contribution in [0.5, 0.6) is 6.01 Å². The normalized spacial score (nSPS) is 13.2. The smallest absolute Gasteiger partial charge is 0.328 e. The van der Waals surface area contributed by atoms with E-state index < -0.39 is 57.5 Å². The van der Waals surface area contributed by atoms with Crippen molar-refractivity contribution in [3.8, 4) is 28.5 Å². The quantitative estimate of drug-likeness (QED) is 0.0754. The van der Waals surface area contributed by atoms with E-state index in [-0.39, 0.29) is 47.7 Å². The van der Waals surface area contributed by atoms with Crippen LogP contribution >= 0.6 is 22.7 Å². The van der Waals surface area contributed by atoms with Crippen molar-refractivity contribution in [2.75, 3.05) is 33.8 Å². The zero-order valence-corrected chi connectivity index (χ0v) is 41.1. The number of hydrogen-bond donors (Lipinski definition) is 4. The Morgan fingerprint density at radius 3 is 1.49 bits per heavy atom. The van der Waals surface area contributed by atoms with Gasteiger partial charge in [0.15, 0.2) is 11.6 Å². The lowest BCUT2D eigenvalue weighted by molar-refractivity contribution is 0.101. The van der Waals surface area contributed by atoms with Crippen molar-refractivity contribution < 1.29 is 45.7 Å². The third kappa shape index (κ3) is 9.96. The topological polar surface area (TPSA) is 201 Å². The first-order chi connectivity index (χ1) is 35.1. The summed E-state index contributed by atoms with van der Waals surface area (Å²) in [5.74, 6) is -4.40. The van der Waals surface area contributed by atoms with Crippen LogP contribution < -0.4 is 35.8 Å². The van der Waals surface area contributed by atoms with E-state index in [9.17, 15) is 40.9 Å². The largest absolute Gasteiger partial charge is 0.467 e. The van der Waals surface area contributed by atoms with Crippen LogP contribution in [-0.4, -0.2) is 61.4 Å². The van der Waals surface area contributed by atoms with Gasteiger partial charge in [-0.3, -0.25) is 13.8 Å². The summed E-state index contributed by atoms with van der Waals surface area (Å²) in [6.07, 6.45) is 1.37. The lowest BCUT2D eigenvalue weighted by Gasteiger charge is -2.30. The molecule has 10 rings (SSSR count). The number of carbonyl (C=O) groups excluding carboxylic acids is 4. The van der Waals surface area contributed by atoms with E-state index in [0.29, 0.717) is 56.1 Å². The molecule has 4 aromatic heterocycles. The SMILES string of the molecule is COc1nc(-c2cc(NC(=O)c3ccsc3)ccc2C)c2c(n1)N(c1c(F)cccc1F)C(=O)NC2.Cc1ccc(NC(=O)c2ccsc2)cc1-c1nc(S(C)=O)nc2c1CNC(=O)N2c1c(F)cccc1F. The lowest BCUT2D eigenvalue weighted by atomic mass is 9.99. The summed E-state index contributed by atoms with van der Waals surface area (Å²) in [6.45, 7) is 3.67. The minimum absolute atomic E-state index is 0.00304. The van der Waals surface area contributed by atoms with E-state index in [0.717, 1.165) is 45.2 Å². The molecule has 16 nitrogen and oxygen atoms in total. The summed E-state index contributed by atoms with van der Waals surface area (Å²) in [5, 5.41) is 17.9. The number of aryl methyl sites for hydroxylation is 2. The van der Waals surface area contributed by atoms with Gasteiger partial charge in [0.05, 0.1) is 53.5 Å². The zero-order valence-electron chi connectivity index (χ0n) is 38.7. The van der Waals surface area contributed by atoms with Crippen LogP contribution in [0.4, 0.5) is 61.5 Å². The molecule has 1 unspecified atom stereocenters. The van der Waals surface area contributed by atoms with Gasteiger partial charge in [0.2, 0.25) is 5.16 Å². The molecular weight excluding hydrogens is 1010 g/mol. The summed E-state index contributed by atoms with van der Waals surface area (Å²) >= 11 is 2.82. The molecule has 0 spiro atoms. The molecule has 0 radical (unpaired) electrons. The van der Waals surface area contributed by atoms with Crippen molar-refractivity contribution in [1.82, 2.24) is 30.6 Å². The lowest BCUT2D eigenvalue weighted by Crippen LogP contribution is -2.43. The Bertz CT molecular complexity index is 3490. The van der Waals surface area contributed by atoms with Gasteiger partial charge in [0.1, 0.15) is 34.6 Å². The first-order valence-electron chi connectivity index (χ1n) is 21.7. The number of amides is 6. The van der Waals surface area contributed by atoms with Crippen LogP contribution in [0, 0.1) is 37.1 Å². The van der Waals surface area contributed by atoms with E-state index in [1.165, 1.54) is 48.2 Å². The second-order valence-electron chi connectivity index (χ2n) is 16.1. The van der Waals surface area contributed by atoms with Crippen LogP contribution in [0.1, 0.15) is 43.0 Å². The Morgan fingerprint density at radius 1 is 0.644 bits per heavy atom. The van der Waals surface area contributed by atoms with Gasteiger partial charge in [-0.25, -0.2) is 46.9 Å². The fourth-order valence-electron chi connectivity index (χ4n) is 7.87. The number of rotatable bonds is 10. The number of benzene rings is 4. The average Bonchev–Trinajstić information content (AvgIpc) is 4.13. The molecule has 4 aromatic carbocycles. The molecular formula is C50H38F4N10O6S3. The Labute approximate surface area is 423 Å². The van der Waals surface area contributed by atoms with E-state index in [1.807, 2.05) is 25.3 Å². The first kappa shape index (κ1) is 49.6. The van der Waals surface area contributed by atoms with Crippen molar-refractivity contribution in [2.24, 2.45) is 0 Å². The highest BCUT2D eigenvalue weighted by atomic mass is 32.2. The molecule has 0 saturated heterocycles. The minimum Gasteiger partial charge on any atom is -0.467 e. The van der Waals surface area contributed by atoms with Crippen LogP contribution in [0.15, 0.2) is 112 Å². The molecule has 4 N–H and O–H groups in total. The maximum atomic E-state index is 14.7. The number of hydrogen-bond acceptors (Lipinski definition) is 12.